The second kappa shape index (κ2) is 9.91. The Morgan fingerprint density at radius 1 is 1.05 bits per heavy atom. The Morgan fingerprint density at radius 2 is 1.88 bits per heavy atom. The second-order valence-electron chi connectivity index (χ2n) is 12.4. The molecule has 10 heteroatoms. The van der Waals surface area contributed by atoms with Gasteiger partial charge in [-0.2, -0.15) is 9.97 Å². The fourth-order valence-corrected chi connectivity index (χ4v) is 7.78. The molecule has 8 rings (SSSR count). The van der Waals surface area contributed by atoms with E-state index in [9.17, 15) is 9.50 Å². The number of nitrogens with one attached hydrogen (secondary N) is 1. The van der Waals surface area contributed by atoms with Crippen LogP contribution >= 0.6 is 0 Å². The molecule has 0 amide bonds. The highest BCUT2D eigenvalue weighted by atomic mass is 19.1. The van der Waals surface area contributed by atoms with Crippen LogP contribution in [-0.4, -0.2) is 88.6 Å². The number of phenols is 1. The number of ether oxygens (including phenoxy) is 2. The highest BCUT2D eigenvalue weighted by Gasteiger charge is 2.49. The van der Waals surface area contributed by atoms with Gasteiger partial charge in [0, 0.05) is 43.7 Å². The molecule has 0 saturated carbocycles. The standard InChI is InChI=1S/C32H35FN6O3/c1-41-30-26(25-12-23(40)11-19-5-2-3-6-24(19)25)13-27-28(36-30)29(38-16-21-7-8-22(17-38)34-21)37-31(35-27)42-18-32-9-4-10-39(32)15-20(33)14-32/h2-3,5-6,11-13,20-22,34,40H,4,7-10,14-18H2,1H3/t20-,21?,22?,32+/m1/s1. The van der Waals surface area contributed by atoms with E-state index in [1.807, 2.05) is 30.3 Å². The second-order valence-corrected chi connectivity index (χ2v) is 12.4. The number of phenolic OH excluding ortho intramolecular Hbond substituents is 1. The lowest BCUT2D eigenvalue weighted by atomic mass is 9.95. The van der Waals surface area contributed by atoms with Crippen molar-refractivity contribution in [3.8, 4) is 28.8 Å². The monoisotopic (exact) mass is 570 g/mol. The van der Waals surface area contributed by atoms with Crippen LogP contribution in [0.1, 0.15) is 32.1 Å². The molecule has 2 N–H and O–H groups in total. The van der Waals surface area contributed by atoms with E-state index >= 15 is 0 Å². The molecule has 6 heterocycles. The number of methoxy groups -OCH3 is 1. The van der Waals surface area contributed by atoms with Crippen molar-refractivity contribution in [2.75, 3.05) is 44.8 Å². The van der Waals surface area contributed by atoms with Crippen molar-refractivity contribution in [2.24, 2.45) is 0 Å². The van der Waals surface area contributed by atoms with Crippen LogP contribution in [0.2, 0.25) is 0 Å². The minimum Gasteiger partial charge on any atom is -0.508 e. The summed E-state index contributed by atoms with van der Waals surface area (Å²) >= 11 is 0. The number of nitrogens with zero attached hydrogens (tertiary/aromatic N) is 5. The molecule has 4 saturated heterocycles. The van der Waals surface area contributed by atoms with Gasteiger partial charge in [0.05, 0.1) is 18.2 Å². The van der Waals surface area contributed by atoms with Gasteiger partial charge < -0.3 is 24.8 Å². The number of hydrogen-bond donors (Lipinski definition) is 2. The molecular formula is C32H35FN6O3. The summed E-state index contributed by atoms with van der Waals surface area (Å²) in [5.41, 5.74) is 2.53. The molecule has 4 aromatic rings. The number of anilines is 1. The average Bonchev–Trinajstić information content (AvgIpc) is 3.64. The van der Waals surface area contributed by atoms with Gasteiger partial charge in [0.25, 0.3) is 0 Å². The minimum atomic E-state index is -0.824. The lowest BCUT2D eigenvalue weighted by molar-refractivity contribution is 0.107. The van der Waals surface area contributed by atoms with Gasteiger partial charge in [0.15, 0.2) is 5.82 Å². The van der Waals surface area contributed by atoms with Crippen LogP contribution < -0.4 is 19.7 Å². The van der Waals surface area contributed by atoms with Gasteiger partial charge in [-0.15, -0.1) is 0 Å². The fourth-order valence-electron chi connectivity index (χ4n) is 7.78. The van der Waals surface area contributed by atoms with Crippen LogP contribution in [0.4, 0.5) is 10.2 Å². The Morgan fingerprint density at radius 3 is 2.71 bits per heavy atom. The summed E-state index contributed by atoms with van der Waals surface area (Å²) in [6.07, 6.45) is 3.91. The number of pyridine rings is 1. The largest absolute Gasteiger partial charge is 0.508 e. The minimum absolute atomic E-state index is 0.164. The van der Waals surface area contributed by atoms with Crippen molar-refractivity contribution in [1.82, 2.24) is 25.2 Å². The summed E-state index contributed by atoms with van der Waals surface area (Å²) in [4.78, 5) is 19.3. The Hall–Kier alpha value is -3.76. The molecule has 4 atom stereocenters. The van der Waals surface area contributed by atoms with E-state index in [1.165, 1.54) is 0 Å². The van der Waals surface area contributed by atoms with Gasteiger partial charge in [-0.05, 0) is 66.8 Å². The van der Waals surface area contributed by atoms with Crippen LogP contribution in [-0.2, 0) is 0 Å². The Labute approximate surface area is 243 Å². The van der Waals surface area contributed by atoms with Crippen molar-refractivity contribution >= 4 is 27.6 Å². The number of aromatic hydroxyl groups is 1. The molecule has 42 heavy (non-hydrogen) atoms. The normalized spacial score (nSPS) is 27.2. The summed E-state index contributed by atoms with van der Waals surface area (Å²) in [7, 11) is 1.61. The Bertz CT molecular complexity index is 1670. The van der Waals surface area contributed by atoms with Crippen LogP contribution in [0.25, 0.3) is 32.9 Å². The van der Waals surface area contributed by atoms with Gasteiger partial charge in [-0.25, -0.2) is 9.37 Å². The van der Waals surface area contributed by atoms with Gasteiger partial charge >= 0.3 is 6.01 Å². The number of piperazine rings is 1. The molecule has 2 unspecified atom stereocenters. The maximum absolute atomic E-state index is 14.4. The molecule has 218 valence electrons. The lowest BCUT2D eigenvalue weighted by Crippen LogP contribution is -2.51. The Balaban J connectivity index is 1.26. The number of benzene rings is 2. The SMILES string of the molecule is COc1nc2c(N3CC4CCC(C3)N4)nc(OC[C@@]34CCCN3C[C@H](F)C4)nc2cc1-c1cc(O)cc2ccccc12. The van der Waals surface area contributed by atoms with Crippen LogP contribution in [0, 0.1) is 0 Å². The molecule has 2 bridgehead atoms. The molecule has 9 nitrogen and oxygen atoms in total. The number of hydrogen-bond acceptors (Lipinski definition) is 9. The van der Waals surface area contributed by atoms with Crippen molar-refractivity contribution in [3.05, 3.63) is 42.5 Å². The molecule has 4 aliphatic heterocycles. The first kappa shape index (κ1) is 25.9. The zero-order valence-corrected chi connectivity index (χ0v) is 23.7. The van der Waals surface area contributed by atoms with Gasteiger partial charge in [0.2, 0.25) is 5.88 Å². The third kappa shape index (κ3) is 4.31. The average molecular weight is 571 g/mol. The molecule has 0 aliphatic carbocycles. The van der Waals surface area contributed by atoms with Crippen molar-refractivity contribution < 1.29 is 19.0 Å². The maximum atomic E-state index is 14.4. The number of aromatic nitrogens is 3. The van der Waals surface area contributed by atoms with E-state index in [0.29, 0.717) is 48.6 Å². The predicted molar refractivity (Wildman–Crippen MR) is 159 cm³/mol. The van der Waals surface area contributed by atoms with E-state index in [2.05, 4.69) is 15.1 Å². The first-order valence-electron chi connectivity index (χ1n) is 15.0. The highest BCUT2D eigenvalue weighted by Crippen LogP contribution is 2.42. The predicted octanol–water partition coefficient (Wildman–Crippen LogP) is 4.46. The summed E-state index contributed by atoms with van der Waals surface area (Å²) in [5, 5.41) is 16.2. The summed E-state index contributed by atoms with van der Waals surface area (Å²) in [6, 6.07) is 14.5. The zero-order chi connectivity index (χ0) is 28.4. The number of fused-ring (bicyclic) bond motifs is 5. The fraction of sp³-hybridized carbons (Fsp3) is 0.469. The van der Waals surface area contributed by atoms with Crippen LogP contribution in [0.3, 0.4) is 0 Å². The van der Waals surface area contributed by atoms with E-state index < -0.39 is 6.17 Å². The number of rotatable bonds is 6. The van der Waals surface area contributed by atoms with Crippen LogP contribution in [0.5, 0.6) is 17.6 Å². The third-order valence-electron chi connectivity index (χ3n) is 9.67. The van der Waals surface area contributed by atoms with Crippen molar-refractivity contribution in [1.29, 1.82) is 0 Å². The zero-order valence-electron chi connectivity index (χ0n) is 23.7. The maximum Gasteiger partial charge on any atom is 0.319 e. The molecule has 0 radical (unpaired) electrons. The van der Waals surface area contributed by atoms with Crippen molar-refractivity contribution in [3.63, 3.8) is 0 Å². The topological polar surface area (TPSA) is 95.9 Å². The first-order valence-corrected chi connectivity index (χ1v) is 15.0. The summed E-state index contributed by atoms with van der Waals surface area (Å²) in [5.74, 6) is 1.34. The van der Waals surface area contributed by atoms with Crippen LogP contribution in [0.15, 0.2) is 42.5 Å². The molecule has 4 aliphatic rings. The van der Waals surface area contributed by atoms with E-state index in [-0.39, 0.29) is 17.3 Å². The smallest absolute Gasteiger partial charge is 0.319 e. The molecule has 2 aromatic carbocycles. The quantitative estimate of drug-likeness (QED) is 0.349. The van der Waals surface area contributed by atoms with Gasteiger partial charge in [0.1, 0.15) is 24.0 Å². The lowest BCUT2D eigenvalue weighted by Gasteiger charge is -2.34. The summed E-state index contributed by atoms with van der Waals surface area (Å²) < 4.78 is 26.7. The van der Waals surface area contributed by atoms with Gasteiger partial charge in [-0.1, -0.05) is 24.3 Å². The molecule has 2 aromatic heterocycles. The third-order valence-corrected chi connectivity index (χ3v) is 9.67. The molecular weight excluding hydrogens is 535 g/mol. The van der Waals surface area contributed by atoms with E-state index in [4.69, 9.17) is 24.4 Å². The molecule has 4 fully saturated rings. The first-order chi connectivity index (χ1) is 20.5. The van der Waals surface area contributed by atoms with Gasteiger partial charge in [-0.3, -0.25) is 4.90 Å². The number of halogens is 1. The summed E-state index contributed by atoms with van der Waals surface area (Å²) in [6.45, 7) is 3.39. The van der Waals surface area contributed by atoms with Crippen molar-refractivity contribution in [2.45, 2.75) is 55.9 Å². The Kier molecular flexibility index (Phi) is 6.12. The van der Waals surface area contributed by atoms with E-state index in [1.54, 1.807) is 19.2 Å². The molecule has 0 spiro atoms. The number of alkyl halides is 1. The highest BCUT2D eigenvalue weighted by molar-refractivity contribution is 6.01. The van der Waals surface area contributed by atoms with E-state index in [0.717, 1.165) is 73.0 Å².